The Bertz CT molecular complexity index is 1400. The third-order valence-electron chi connectivity index (χ3n) is 5.96. The lowest BCUT2D eigenvalue weighted by atomic mass is 9.95. The van der Waals surface area contributed by atoms with E-state index in [0.717, 1.165) is 28.7 Å². The minimum Gasteiger partial charge on any atom is -0.507 e. The molecule has 3 aromatic rings. The summed E-state index contributed by atoms with van der Waals surface area (Å²) in [5.41, 5.74) is 1.25. The van der Waals surface area contributed by atoms with Crippen LogP contribution in [0.3, 0.4) is 0 Å². The van der Waals surface area contributed by atoms with Gasteiger partial charge in [0.1, 0.15) is 16.4 Å². The molecule has 2 aromatic carbocycles. The number of halogens is 1. The first kappa shape index (κ1) is 27.5. The van der Waals surface area contributed by atoms with Gasteiger partial charge in [-0.3, -0.25) is 14.5 Å². The van der Waals surface area contributed by atoms with Crippen molar-refractivity contribution < 1.29 is 29.0 Å². The molecule has 198 valence electrons. The average Bonchev–Trinajstić information content (AvgIpc) is 3.41. The smallest absolute Gasteiger partial charge is 0.350 e. The number of Topliss-reactive ketones (excluding diaryl/α,β-unsaturated/α-hetero) is 1. The van der Waals surface area contributed by atoms with Gasteiger partial charge < -0.3 is 14.6 Å². The Kier molecular flexibility index (Phi) is 8.63. The van der Waals surface area contributed by atoms with Gasteiger partial charge in [-0.1, -0.05) is 64.9 Å². The maximum absolute atomic E-state index is 13.4. The minimum atomic E-state index is -0.964. The molecule has 38 heavy (non-hydrogen) atoms. The summed E-state index contributed by atoms with van der Waals surface area (Å²) >= 11 is 4.38. The topological polar surface area (TPSA) is 106 Å². The van der Waals surface area contributed by atoms with Crippen LogP contribution in [0.4, 0.5) is 5.13 Å². The fourth-order valence-electron chi connectivity index (χ4n) is 4.08. The summed E-state index contributed by atoms with van der Waals surface area (Å²) < 4.78 is 11.7. The highest BCUT2D eigenvalue weighted by Gasteiger charge is 2.48. The summed E-state index contributed by atoms with van der Waals surface area (Å²) in [6.45, 7) is 6.12. The molecule has 0 bridgehead atoms. The molecule has 10 heteroatoms. The Morgan fingerprint density at radius 1 is 1.16 bits per heavy atom. The predicted molar refractivity (Wildman–Crippen MR) is 149 cm³/mol. The lowest BCUT2D eigenvalue weighted by Crippen LogP contribution is -2.29. The van der Waals surface area contributed by atoms with Gasteiger partial charge in [0.2, 0.25) is 0 Å². The Hall–Kier alpha value is -3.50. The number of thiazole rings is 1. The second-order valence-electron chi connectivity index (χ2n) is 8.58. The van der Waals surface area contributed by atoms with Gasteiger partial charge in [-0.15, -0.1) is 0 Å². The Labute approximate surface area is 233 Å². The summed E-state index contributed by atoms with van der Waals surface area (Å²) in [5.74, 6) is -2.02. The van der Waals surface area contributed by atoms with Crippen molar-refractivity contribution in [3.05, 3.63) is 80.3 Å². The van der Waals surface area contributed by atoms with E-state index in [-0.39, 0.29) is 27.9 Å². The number of amides is 1. The zero-order chi connectivity index (χ0) is 27.4. The van der Waals surface area contributed by atoms with E-state index in [1.54, 1.807) is 62.4 Å². The number of nitrogens with zero attached hydrogens (tertiary/aromatic N) is 2. The SMILES string of the molecule is CCCCOc1cccc(C(O)=C2C(=O)C(=O)N(c3nc(C)c(C(=O)OCC)s3)C2c2ccc(Br)cc2)c1. The van der Waals surface area contributed by atoms with Gasteiger partial charge in [0.15, 0.2) is 5.13 Å². The molecule has 2 heterocycles. The number of carbonyl (C=O) groups is 3. The molecule has 1 N–H and O–H groups in total. The van der Waals surface area contributed by atoms with Crippen molar-refractivity contribution in [1.29, 1.82) is 0 Å². The fourth-order valence-corrected chi connectivity index (χ4v) is 5.34. The van der Waals surface area contributed by atoms with Crippen LogP contribution in [0, 0.1) is 6.92 Å². The van der Waals surface area contributed by atoms with Crippen LogP contribution < -0.4 is 9.64 Å². The molecule has 1 fully saturated rings. The number of carbonyl (C=O) groups excluding carboxylic acids is 3. The minimum absolute atomic E-state index is 0.0754. The third kappa shape index (κ3) is 5.51. The van der Waals surface area contributed by atoms with Gasteiger partial charge >= 0.3 is 11.9 Å². The van der Waals surface area contributed by atoms with Crippen molar-refractivity contribution in [2.45, 2.75) is 39.7 Å². The molecule has 1 atom stereocenters. The van der Waals surface area contributed by atoms with E-state index in [1.165, 1.54) is 4.90 Å². The normalized spacial score (nSPS) is 16.6. The van der Waals surface area contributed by atoms with Gasteiger partial charge in [-0.2, -0.15) is 0 Å². The second kappa shape index (κ2) is 11.9. The maximum Gasteiger partial charge on any atom is 0.350 e. The Morgan fingerprint density at radius 2 is 1.89 bits per heavy atom. The van der Waals surface area contributed by atoms with Crippen molar-refractivity contribution in [2.24, 2.45) is 0 Å². The number of hydrogen-bond donors (Lipinski definition) is 1. The van der Waals surface area contributed by atoms with Crippen molar-refractivity contribution in [2.75, 3.05) is 18.1 Å². The van der Waals surface area contributed by atoms with E-state index in [4.69, 9.17) is 9.47 Å². The number of rotatable bonds is 9. The molecule has 1 aromatic heterocycles. The first-order valence-electron chi connectivity index (χ1n) is 12.2. The van der Waals surface area contributed by atoms with Crippen LogP contribution in [-0.2, 0) is 14.3 Å². The quantitative estimate of drug-likeness (QED) is 0.103. The molecule has 4 rings (SSSR count). The molecule has 0 radical (unpaired) electrons. The zero-order valence-corrected chi connectivity index (χ0v) is 23.6. The van der Waals surface area contributed by atoms with Crippen LogP contribution in [0.2, 0.25) is 0 Å². The van der Waals surface area contributed by atoms with Gasteiger partial charge in [0.05, 0.1) is 30.5 Å². The maximum atomic E-state index is 13.4. The number of aromatic nitrogens is 1. The Balaban J connectivity index is 1.84. The molecule has 0 aliphatic carbocycles. The van der Waals surface area contributed by atoms with Crippen LogP contribution in [0.25, 0.3) is 5.76 Å². The van der Waals surface area contributed by atoms with Crippen LogP contribution in [0.1, 0.15) is 59.2 Å². The van der Waals surface area contributed by atoms with Gasteiger partial charge in [0, 0.05) is 10.0 Å². The molecule has 1 saturated heterocycles. The monoisotopic (exact) mass is 598 g/mol. The number of anilines is 1. The number of aliphatic hydroxyl groups excluding tert-OH is 1. The summed E-state index contributed by atoms with van der Waals surface area (Å²) in [4.78, 5) is 45.2. The van der Waals surface area contributed by atoms with Crippen molar-refractivity contribution in [3.63, 3.8) is 0 Å². The Morgan fingerprint density at radius 3 is 2.58 bits per heavy atom. The number of aliphatic hydroxyl groups is 1. The number of ether oxygens (including phenoxy) is 2. The highest BCUT2D eigenvalue weighted by molar-refractivity contribution is 9.10. The molecule has 1 unspecified atom stereocenters. The van der Waals surface area contributed by atoms with Crippen LogP contribution in [0.5, 0.6) is 5.75 Å². The molecule has 0 saturated carbocycles. The largest absolute Gasteiger partial charge is 0.507 e. The number of aryl methyl sites for hydroxylation is 1. The van der Waals surface area contributed by atoms with E-state index >= 15 is 0 Å². The molecular formula is C28H27BrN2O6S. The van der Waals surface area contributed by atoms with Gasteiger partial charge in [-0.05, 0) is 50.1 Å². The number of hydrogen-bond acceptors (Lipinski definition) is 8. The number of esters is 1. The molecule has 1 amide bonds. The summed E-state index contributed by atoms with van der Waals surface area (Å²) in [5, 5.41) is 11.6. The zero-order valence-electron chi connectivity index (χ0n) is 21.2. The van der Waals surface area contributed by atoms with E-state index in [0.29, 0.717) is 29.2 Å². The predicted octanol–water partition coefficient (Wildman–Crippen LogP) is 6.20. The standard InChI is InChI=1S/C28H27BrN2O6S/c1-4-6-14-37-20-9-7-8-18(15-20)23(32)21-22(17-10-12-19(29)13-11-17)31(26(34)24(21)33)28-30-16(3)25(38-28)27(35)36-5-2/h7-13,15,22,32H,4-6,14H2,1-3H3. The van der Waals surface area contributed by atoms with Crippen molar-refractivity contribution in [3.8, 4) is 5.75 Å². The number of ketones is 1. The second-order valence-corrected chi connectivity index (χ2v) is 10.5. The van der Waals surface area contributed by atoms with Crippen LogP contribution in [-0.4, -0.2) is 41.0 Å². The summed E-state index contributed by atoms with van der Waals surface area (Å²) in [7, 11) is 0. The number of benzene rings is 2. The number of unbranched alkanes of at least 4 members (excludes halogenated alkanes) is 1. The lowest BCUT2D eigenvalue weighted by molar-refractivity contribution is -0.132. The van der Waals surface area contributed by atoms with Gasteiger partial charge in [-0.25, -0.2) is 9.78 Å². The molecule has 8 nitrogen and oxygen atoms in total. The highest BCUT2D eigenvalue weighted by atomic mass is 79.9. The van der Waals surface area contributed by atoms with E-state index in [1.807, 2.05) is 0 Å². The molecule has 0 spiro atoms. The molecule has 1 aliphatic rings. The molecular weight excluding hydrogens is 572 g/mol. The van der Waals surface area contributed by atoms with E-state index in [2.05, 4.69) is 27.8 Å². The first-order valence-corrected chi connectivity index (χ1v) is 13.8. The third-order valence-corrected chi connectivity index (χ3v) is 7.62. The van der Waals surface area contributed by atoms with Gasteiger partial charge in [0.25, 0.3) is 5.78 Å². The highest BCUT2D eigenvalue weighted by Crippen LogP contribution is 2.44. The van der Waals surface area contributed by atoms with Crippen molar-refractivity contribution >= 4 is 55.8 Å². The van der Waals surface area contributed by atoms with Crippen LogP contribution >= 0.6 is 27.3 Å². The summed E-state index contributed by atoms with van der Waals surface area (Å²) in [6.07, 6.45) is 1.86. The fraction of sp³-hybridized carbons (Fsp3) is 0.286. The lowest BCUT2D eigenvalue weighted by Gasteiger charge is -2.23. The average molecular weight is 600 g/mol. The van der Waals surface area contributed by atoms with Crippen molar-refractivity contribution in [1.82, 2.24) is 4.98 Å². The van der Waals surface area contributed by atoms with E-state index in [9.17, 15) is 19.5 Å². The summed E-state index contributed by atoms with van der Waals surface area (Å²) in [6, 6.07) is 12.9. The molecule has 1 aliphatic heterocycles. The van der Waals surface area contributed by atoms with E-state index < -0.39 is 23.7 Å². The van der Waals surface area contributed by atoms with Crippen LogP contribution in [0.15, 0.2) is 58.6 Å². The first-order chi connectivity index (χ1) is 18.3.